The molecule has 0 radical (unpaired) electrons. The first-order valence-electron chi connectivity index (χ1n) is 6.66. The van der Waals surface area contributed by atoms with Gasteiger partial charge in [-0.05, 0) is 35.2 Å². The van der Waals surface area contributed by atoms with Crippen molar-refractivity contribution in [1.29, 1.82) is 0 Å². The van der Waals surface area contributed by atoms with Crippen LogP contribution in [-0.4, -0.2) is 4.57 Å². The van der Waals surface area contributed by atoms with E-state index in [2.05, 4.69) is 54.3 Å². The second-order valence-corrected chi connectivity index (χ2v) is 5.78. The van der Waals surface area contributed by atoms with E-state index in [1.807, 2.05) is 19.2 Å². The van der Waals surface area contributed by atoms with Crippen LogP contribution in [0.3, 0.4) is 0 Å². The average Bonchev–Trinajstić information content (AvgIpc) is 2.77. The minimum atomic E-state index is 0.345. The van der Waals surface area contributed by atoms with E-state index in [4.69, 9.17) is 11.6 Å². The van der Waals surface area contributed by atoms with Gasteiger partial charge in [0.25, 0.3) is 0 Å². The van der Waals surface area contributed by atoms with E-state index in [-0.39, 0.29) is 0 Å². The molecule has 0 fully saturated rings. The number of nitrogens with zero attached hydrogens (tertiary/aromatic N) is 1. The summed E-state index contributed by atoms with van der Waals surface area (Å²) in [5, 5.41) is 4.41. The zero-order valence-electron chi connectivity index (χ0n) is 11.7. The van der Waals surface area contributed by atoms with Crippen LogP contribution < -0.4 is 5.32 Å². The molecule has 2 rings (SSSR count). The maximum atomic E-state index is 5.95. The molecule has 1 heterocycles. The van der Waals surface area contributed by atoms with Gasteiger partial charge in [-0.25, -0.2) is 0 Å². The summed E-state index contributed by atoms with van der Waals surface area (Å²) in [5.41, 5.74) is 2.59. The van der Waals surface area contributed by atoms with Gasteiger partial charge in [-0.15, -0.1) is 0 Å². The van der Waals surface area contributed by atoms with Crippen LogP contribution in [-0.2, 0) is 13.6 Å². The fourth-order valence-electron chi connectivity index (χ4n) is 2.30. The van der Waals surface area contributed by atoms with Crippen LogP contribution in [0.1, 0.15) is 31.0 Å². The van der Waals surface area contributed by atoms with E-state index in [1.54, 1.807) is 0 Å². The summed E-state index contributed by atoms with van der Waals surface area (Å²) < 4.78 is 2.07. The third-order valence-electron chi connectivity index (χ3n) is 3.32. The van der Waals surface area contributed by atoms with Crippen molar-refractivity contribution in [3.63, 3.8) is 0 Å². The van der Waals surface area contributed by atoms with Crippen LogP contribution >= 0.6 is 11.6 Å². The fraction of sp³-hybridized carbons (Fsp3) is 0.375. The Hall–Kier alpha value is -1.25. The van der Waals surface area contributed by atoms with E-state index >= 15 is 0 Å². The normalized spacial score (nSPS) is 12.9. The van der Waals surface area contributed by atoms with Gasteiger partial charge in [-0.3, -0.25) is 0 Å². The summed E-state index contributed by atoms with van der Waals surface area (Å²) in [6.45, 7) is 5.35. The third-order valence-corrected chi connectivity index (χ3v) is 3.57. The molecule has 2 nitrogen and oxygen atoms in total. The first-order valence-corrected chi connectivity index (χ1v) is 7.04. The van der Waals surface area contributed by atoms with Gasteiger partial charge in [0.15, 0.2) is 0 Å². The predicted molar refractivity (Wildman–Crippen MR) is 81.3 cm³/mol. The second kappa shape index (κ2) is 6.27. The lowest BCUT2D eigenvalue weighted by Gasteiger charge is -2.23. The van der Waals surface area contributed by atoms with Gasteiger partial charge in [0.2, 0.25) is 0 Å². The minimum absolute atomic E-state index is 0.345. The highest BCUT2D eigenvalue weighted by atomic mass is 35.5. The molecule has 1 aromatic carbocycles. The number of rotatable bonds is 5. The van der Waals surface area contributed by atoms with Crippen molar-refractivity contribution in [2.75, 3.05) is 0 Å². The molecule has 2 aromatic rings. The van der Waals surface area contributed by atoms with E-state index in [0.717, 1.165) is 11.6 Å². The number of nitrogens with one attached hydrogen (secondary N) is 1. The topological polar surface area (TPSA) is 17.0 Å². The number of hydrogen-bond donors (Lipinski definition) is 1. The van der Waals surface area contributed by atoms with Crippen LogP contribution in [0.25, 0.3) is 0 Å². The lowest BCUT2D eigenvalue weighted by molar-refractivity contribution is 0.410. The zero-order valence-corrected chi connectivity index (χ0v) is 12.5. The molecule has 0 saturated carbocycles. The van der Waals surface area contributed by atoms with Gasteiger partial charge in [0.1, 0.15) is 0 Å². The Bertz CT molecular complexity index is 514. The highest BCUT2D eigenvalue weighted by Gasteiger charge is 2.15. The van der Waals surface area contributed by atoms with Crippen molar-refractivity contribution >= 4 is 11.6 Å². The van der Waals surface area contributed by atoms with Crippen LogP contribution in [0, 0.1) is 5.92 Å². The van der Waals surface area contributed by atoms with Crippen molar-refractivity contribution < 1.29 is 0 Å². The second-order valence-electron chi connectivity index (χ2n) is 5.34. The van der Waals surface area contributed by atoms with E-state index in [9.17, 15) is 0 Å². The molecule has 0 amide bonds. The molecule has 0 aliphatic rings. The monoisotopic (exact) mass is 276 g/mol. The van der Waals surface area contributed by atoms with Crippen molar-refractivity contribution in [1.82, 2.24) is 9.88 Å². The van der Waals surface area contributed by atoms with Crippen LogP contribution in [0.4, 0.5) is 0 Å². The molecule has 1 N–H and O–H groups in total. The summed E-state index contributed by atoms with van der Waals surface area (Å²) in [4.78, 5) is 0. The van der Waals surface area contributed by atoms with Gasteiger partial charge in [0, 0.05) is 37.1 Å². The quantitative estimate of drug-likeness (QED) is 0.867. The Morgan fingerprint density at radius 1 is 1.16 bits per heavy atom. The lowest BCUT2D eigenvalue weighted by atomic mass is 9.96. The minimum Gasteiger partial charge on any atom is -0.357 e. The fourth-order valence-corrected chi connectivity index (χ4v) is 2.43. The number of halogens is 1. The van der Waals surface area contributed by atoms with E-state index in [0.29, 0.717) is 12.0 Å². The van der Waals surface area contributed by atoms with Gasteiger partial charge < -0.3 is 9.88 Å². The molecule has 19 heavy (non-hydrogen) atoms. The molecule has 1 aromatic heterocycles. The predicted octanol–water partition coefficient (Wildman–Crippen LogP) is 4.17. The van der Waals surface area contributed by atoms with Crippen LogP contribution in [0.5, 0.6) is 0 Å². The smallest absolute Gasteiger partial charge is 0.0406 e. The van der Waals surface area contributed by atoms with Crippen molar-refractivity contribution in [2.45, 2.75) is 26.4 Å². The Morgan fingerprint density at radius 2 is 1.84 bits per heavy atom. The van der Waals surface area contributed by atoms with Gasteiger partial charge in [-0.2, -0.15) is 0 Å². The van der Waals surface area contributed by atoms with Gasteiger partial charge >= 0.3 is 0 Å². The molecule has 102 valence electrons. The molecule has 0 spiro atoms. The summed E-state index contributed by atoms with van der Waals surface area (Å²) >= 11 is 5.95. The zero-order chi connectivity index (χ0) is 13.8. The third kappa shape index (κ3) is 3.85. The summed E-state index contributed by atoms with van der Waals surface area (Å²) in [7, 11) is 2.04. The number of benzene rings is 1. The van der Waals surface area contributed by atoms with E-state index < -0.39 is 0 Å². The molecule has 0 aliphatic carbocycles. The molecule has 1 atom stereocenters. The summed E-state index contributed by atoms with van der Waals surface area (Å²) in [6.07, 6.45) is 4.22. The molecular formula is C16H21ClN2. The highest BCUT2D eigenvalue weighted by Crippen LogP contribution is 2.23. The van der Waals surface area contributed by atoms with Gasteiger partial charge in [-0.1, -0.05) is 37.6 Å². The number of hydrogen-bond acceptors (Lipinski definition) is 1. The molecular weight excluding hydrogens is 256 g/mol. The van der Waals surface area contributed by atoms with Crippen molar-refractivity contribution in [2.24, 2.45) is 13.0 Å². The number of aromatic nitrogens is 1. The summed E-state index contributed by atoms with van der Waals surface area (Å²) in [5.74, 6) is 0.532. The SMILES string of the molecule is CC(C)C(NCc1ccn(C)c1)c1ccc(Cl)cc1. The number of aryl methyl sites for hydroxylation is 1. The Morgan fingerprint density at radius 3 is 2.37 bits per heavy atom. The molecule has 0 aliphatic heterocycles. The molecule has 0 bridgehead atoms. The molecule has 3 heteroatoms. The average molecular weight is 277 g/mol. The Balaban J connectivity index is 2.06. The standard InChI is InChI=1S/C16H21ClN2/c1-12(2)16(14-4-6-15(17)7-5-14)18-10-13-8-9-19(3)11-13/h4-9,11-12,16,18H,10H2,1-3H3. The highest BCUT2D eigenvalue weighted by molar-refractivity contribution is 6.30. The summed E-state index contributed by atoms with van der Waals surface area (Å²) in [6, 6.07) is 10.6. The van der Waals surface area contributed by atoms with Crippen molar-refractivity contribution in [3.8, 4) is 0 Å². The molecule has 1 unspecified atom stereocenters. The first kappa shape index (κ1) is 14.2. The Kier molecular flexibility index (Phi) is 4.67. The maximum absolute atomic E-state index is 5.95. The van der Waals surface area contributed by atoms with Crippen molar-refractivity contribution in [3.05, 3.63) is 58.9 Å². The van der Waals surface area contributed by atoms with Crippen LogP contribution in [0.15, 0.2) is 42.7 Å². The lowest BCUT2D eigenvalue weighted by Crippen LogP contribution is -2.25. The Labute approximate surface area is 120 Å². The first-order chi connectivity index (χ1) is 9.06. The largest absolute Gasteiger partial charge is 0.357 e. The van der Waals surface area contributed by atoms with E-state index in [1.165, 1.54) is 11.1 Å². The molecule has 0 saturated heterocycles. The van der Waals surface area contributed by atoms with Crippen LogP contribution in [0.2, 0.25) is 5.02 Å². The maximum Gasteiger partial charge on any atom is 0.0406 e. The van der Waals surface area contributed by atoms with Gasteiger partial charge in [0.05, 0.1) is 0 Å².